The van der Waals surface area contributed by atoms with Gasteiger partial charge >= 0.3 is 0 Å². The zero-order valence-electron chi connectivity index (χ0n) is 9.72. The number of nitrogens with zero attached hydrogens (tertiary/aromatic N) is 2. The number of rotatable bonds is 3. The number of hydrogen-bond donors (Lipinski definition) is 1. The lowest BCUT2D eigenvalue weighted by Crippen LogP contribution is -2.12. The van der Waals surface area contributed by atoms with Crippen molar-refractivity contribution >= 4 is 60.5 Å². The molecule has 2 aromatic rings. The van der Waals surface area contributed by atoms with Crippen molar-refractivity contribution in [2.45, 2.75) is 4.21 Å². The van der Waals surface area contributed by atoms with E-state index in [9.17, 15) is 8.42 Å². The highest BCUT2D eigenvalue weighted by Gasteiger charge is 2.28. The molecule has 0 spiro atoms. The smallest absolute Gasteiger partial charge is 0.248 e. The number of ether oxygens (including phenoxy) is 1. The molecule has 11 heteroatoms. The number of hydrogen-bond acceptors (Lipinski definition) is 6. The van der Waals surface area contributed by atoms with Crippen LogP contribution in [0.3, 0.4) is 0 Å². The van der Waals surface area contributed by atoms with Gasteiger partial charge < -0.3 is 4.74 Å². The van der Waals surface area contributed by atoms with E-state index in [1.165, 1.54) is 13.3 Å². The van der Waals surface area contributed by atoms with Crippen molar-refractivity contribution in [3.05, 3.63) is 20.2 Å². The van der Waals surface area contributed by atoms with Crippen LogP contribution in [-0.4, -0.2) is 25.5 Å². The van der Waals surface area contributed by atoms with Gasteiger partial charge in [-0.05, 0) is 15.9 Å². The Labute approximate surface area is 137 Å². The van der Waals surface area contributed by atoms with Gasteiger partial charge in [0.1, 0.15) is 18.8 Å². The summed E-state index contributed by atoms with van der Waals surface area (Å²) in [4.78, 5) is 8.12. The van der Waals surface area contributed by atoms with E-state index in [-0.39, 0.29) is 30.7 Å². The van der Waals surface area contributed by atoms with E-state index in [1.807, 2.05) is 0 Å². The van der Waals surface area contributed by atoms with Crippen molar-refractivity contribution in [3.8, 4) is 17.1 Å². The van der Waals surface area contributed by atoms with Crippen LogP contribution in [-0.2, 0) is 10.0 Å². The summed E-state index contributed by atoms with van der Waals surface area (Å²) in [6.45, 7) is 0. The maximum Gasteiger partial charge on any atom is 0.248 e. The van der Waals surface area contributed by atoms with Crippen LogP contribution < -0.4 is 9.88 Å². The minimum absolute atomic E-state index is 0.0376. The zero-order chi connectivity index (χ0) is 15.1. The topological polar surface area (TPSA) is 95.2 Å². The number of methoxy groups -OCH3 is 1. The average molecular weight is 419 g/mol. The van der Waals surface area contributed by atoms with Crippen molar-refractivity contribution < 1.29 is 13.2 Å². The molecule has 2 rings (SSSR count). The molecule has 0 atom stereocenters. The van der Waals surface area contributed by atoms with Crippen LogP contribution in [0.25, 0.3) is 11.3 Å². The molecule has 0 fully saturated rings. The van der Waals surface area contributed by atoms with Gasteiger partial charge in [-0.1, -0.05) is 23.2 Å². The predicted octanol–water partition coefficient (Wildman–Crippen LogP) is 2.93. The maximum atomic E-state index is 11.6. The molecule has 6 nitrogen and oxygen atoms in total. The third-order valence-electron chi connectivity index (χ3n) is 2.18. The second-order valence-corrected chi connectivity index (χ2v) is 8.02. The Hall–Kier alpha value is -0.450. The second kappa shape index (κ2) is 5.74. The van der Waals surface area contributed by atoms with Crippen LogP contribution in [0.5, 0.6) is 5.88 Å². The molecule has 20 heavy (non-hydrogen) atoms. The molecule has 0 aromatic carbocycles. The van der Waals surface area contributed by atoms with Crippen molar-refractivity contribution in [1.29, 1.82) is 0 Å². The maximum absolute atomic E-state index is 11.6. The minimum Gasteiger partial charge on any atom is -0.479 e. The quantitative estimate of drug-likeness (QED) is 0.826. The van der Waals surface area contributed by atoms with Crippen molar-refractivity contribution in [2.75, 3.05) is 7.11 Å². The molecule has 0 saturated carbocycles. The van der Waals surface area contributed by atoms with E-state index in [0.29, 0.717) is 4.60 Å². The van der Waals surface area contributed by atoms with Crippen molar-refractivity contribution in [3.63, 3.8) is 0 Å². The van der Waals surface area contributed by atoms with Gasteiger partial charge in [-0.2, -0.15) is 0 Å². The summed E-state index contributed by atoms with van der Waals surface area (Å²) in [5, 5.41) is 5.20. The summed E-state index contributed by atoms with van der Waals surface area (Å²) in [6, 6.07) is 0. The van der Waals surface area contributed by atoms with E-state index in [0.717, 1.165) is 11.3 Å². The number of aromatic nitrogens is 2. The van der Waals surface area contributed by atoms with E-state index >= 15 is 0 Å². The Morgan fingerprint density at radius 1 is 1.45 bits per heavy atom. The summed E-state index contributed by atoms with van der Waals surface area (Å²) in [5.74, 6) is 0.0978. The lowest BCUT2D eigenvalue weighted by Gasteiger charge is -2.07. The first-order valence-electron chi connectivity index (χ1n) is 4.83. The van der Waals surface area contributed by atoms with Gasteiger partial charge in [0.25, 0.3) is 0 Å². The van der Waals surface area contributed by atoms with E-state index < -0.39 is 10.0 Å². The molecule has 0 aliphatic rings. The second-order valence-electron chi connectivity index (χ2n) is 3.45. The molecule has 2 N–H and O–H groups in total. The van der Waals surface area contributed by atoms with Crippen LogP contribution in [0.2, 0.25) is 9.36 Å². The molecule has 0 radical (unpaired) electrons. The number of nitrogens with two attached hydrogens (primary N) is 1. The highest BCUT2D eigenvalue weighted by Crippen LogP contribution is 2.46. The number of sulfonamides is 1. The molecule has 2 aromatic heterocycles. The fourth-order valence-corrected chi connectivity index (χ4v) is 4.42. The largest absolute Gasteiger partial charge is 0.479 e. The summed E-state index contributed by atoms with van der Waals surface area (Å²) in [6.07, 6.45) is 1.38. The number of halogens is 3. The third kappa shape index (κ3) is 2.92. The minimum atomic E-state index is -4.00. The molecule has 0 aliphatic carbocycles. The fraction of sp³-hybridized carbons (Fsp3) is 0.111. The molecule has 0 amide bonds. The van der Waals surface area contributed by atoms with E-state index in [2.05, 4.69) is 25.9 Å². The monoisotopic (exact) mass is 417 g/mol. The first kappa shape index (κ1) is 15.9. The molecular weight excluding hydrogens is 413 g/mol. The lowest BCUT2D eigenvalue weighted by atomic mass is 10.2. The van der Waals surface area contributed by atoms with Gasteiger partial charge in [0, 0.05) is 0 Å². The molecule has 108 valence electrons. The summed E-state index contributed by atoms with van der Waals surface area (Å²) >= 11 is 15.8. The van der Waals surface area contributed by atoms with Crippen molar-refractivity contribution in [1.82, 2.24) is 9.97 Å². The van der Waals surface area contributed by atoms with Crippen LogP contribution in [0.1, 0.15) is 0 Å². The highest BCUT2D eigenvalue weighted by atomic mass is 79.9. The standard InChI is InChI=1S/C9H6BrCl2N3O3S2/c1-18-8-6(14-2-3(10)15-8)4-5(11)7(12)19-9(4)20(13,16)17/h2H,1H3,(H2,13,16,17). The molecular formula is C9H6BrCl2N3O3S2. The number of primary sulfonamides is 1. The van der Waals surface area contributed by atoms with Crippen LogP contribution in [0.4, 0.5) is 0 Å². The Morgan fingerprint density at radius 3 is 2.65 bits per heavy atom. The van der Waals surface area contributed by atoms with Gasteiger partial charge in [0.15, 0.2) is 0 Å². The van der Waals surface area contributed by atoms with Gasteiger partial charge in [0.05, 0.1) is 23.9 Å². The normalized spacial score (nSPS) is 11.7. The molecule has 0 bridgehead atoms. The third-order valence-corrected chi connectivity index (χ3v) is 6.01. The van der Waals surface area contributed by atoms with Crippen LogP contribution in [0.15, 0.2) is 15.0 Å². The summed E-state index contributed by atoms with van der Waals surface area (Å²) < 4.78 is 28.7. The number of thiophene rings is 1. The Balaban J connectivity index is 2.83. The van der Waals surface area contributed by atoms with Crippen LogP contribution in [0, 0.1) is 0 Å². The van der Waals surface area contributed by atoms with Gasteiger partial charge in [-0.25, -0.2) is 23.5 Å². The summed E-state index contributed by atoms with van der Waals surface area (Å²) in [5.41, 5.74) is 0.230. The predicted molar refractivity (Wildman–Crippen MR) is 81.0 cm³/mol. The van der Waals surface area contributed by atoms with E-state index in [4.69, 9.17) is 33.1 Å². The average Bonchev–Trinajstić information content (AvgIpc) is 2.66. The van der Waals surface area contributed by atoms with E-state index in [1.54, 1.807) is 0 Å². The van der Waals surface area contributed by atoms with Crippen molar-refractivity contribution in [2.24, 2.45) is 5.14 Å². The van der Waals surface area contributed by atoms with Gasteiger partial charge in [-0.15, -0.1) is 11.3 Å². The molecule has 2 heterocycles. The first-order valence-corrected chi connectivity index (χ1v) is 8.74. The highest BCUT2D eigenvalue weighted by molar-refractivity contribution is 9.10. The lowest BCUT2D eigenvalue weighted by molar-refractivity contribution is 0.397. The molecule has 0 aliphatic heterocycles. The first-order chi connectivity index (χ1) is 9.25. The summed E-state index contributed by atoms with van der Waals surface area (Å²) in [7, 11) is -2.63. The van der Waals surface area contributed by atoms with Crippen LogP contribution >= 0.6 is 50.5 Å². The molecule has 0 unspecified atom stereocenters. The fourth-order valence-electron chi connectivity index (χ4n) is 1.43. The Morgan fingerprint density at radius 2 is 2.10 bits per heavy atom. The van der Waals surface area contributed by atoms with Gasteiger partial charge in [0.2, 0.25) is 15.9 Å². The zero-order valence-corrected chi connectivity index (χ0v) is 14.5. The van der Waals surface area contributed by atoms with Gasteiger partial charge in [-0.3, -0.25) is 0 Å². The Bertz CT molecular complexity index is 779. The SMILES string of the molecule is COc1nc(Br)cnc1-c1c(S(N)(=O)=O)sc(Cl)c1Cl. The molecule has 0 saturated heterocycles. The Kier molecular flexibility index (Phi) is 4.57.